The van der Waals surface area contributed by atoms with Crippen molar-refractivity contribution in [2.24, 2.45) is 0 Å². The average Bonchev–Trinajstić information content (AvgIpc) is 3.07. The number of sulfonamides is 1. The molecule has 9 heteroatoms. The fourth-order valence-corrected chi connectivity index (χ4v) is 6.15. The summed E-state index contributed by atoms with van der Waals surface area (Å²) in [6, 6.07) is 8.03. The number of furan rings is 1. The number of hydrogen-bond donors (Lipinski definition) is 0. The largest absolute Gasteiger partial charge is 0.468 e. The average molecular weight is 387 g/mol. The summed E-state index contributed by atoms with van der Waals surface area (Å²) in [6.07, 6.45) is 1.83. The second kappa shape index (κ2) is 6.89. The molecule has 0 bridgehead atoms. The first-order chi connectivity index (χ1) is 11.8. The van der Waals surface area contributed by atoms with Crippen molar-refractivity contribution in [3.05, 3.63) is 54.2 Å². The van der Waals surface area contributed by atoms with Crippen molar-refractivity contribution in [1.82, 2.24) is 4.31 Å². The zero-order valence-electron chi connectivity index (χ0n) is 13.3. The van der Waals surface area contributed by atoms with Crippen LogP contribution >= 0.6 is 0 Å². The van der Waals surface area contributed by atoms with Crippen LogP contribution in [0.2, 0.25) is 0 Å². The van der Waals surface area contributed by atoms with Gasteiger partial charge in [0.15, 0.2) is 9.84 Å². The predicted octanol–water partition coefficient (Wildman–Crippen LogP) is 2.19. The van der Waals surface area contributed by atoms with Gasteiger partial charge in [-0.25, -0.2) is 21.2 Å². The molecule has 0 unspecified atom stereocenters. The molecule has 136 valence electrons. The van der Waals surface area contributed by atoms with E-state index < -0.39 is 30.9 Å². The van der Waals surface area contributed by atoms with Gasteiger partial charge in [-0.3, -0.25) is 0 Å². The van der Waals surface area contributed by atoms with Crippen molar-refractivity contribution in [3.8, 4) is 0 Å². The minimum Gasteiger partial charge on any atom is -0.468 e. The van der Waals surface area contributed by atoms with Crippen molar-refractivity contribution in [2.75, 3.05) is 13.1 Å². The van der Waals surface area contributed by atoms with Gasteiger partial charge in [0.05, 0.1) is 16.4 Å². The molecule has 2 aromatic rings. The lowest BCUT2D eigenvalue weighted by atomic mass is 10.2. The molecule has 3 rings (SSSR count). The van der Waals surface area contributed by atoms with Crippen molar-refractivity contribution in [2.45, 2.75) is 28.7 Å². The highest BCUT2D eigenvalue weighted by molar-refractivity contribution is 7.91. The fourth-order valence-electron chi connectivity index (χ4n) is 2.92. The summed E-state index contributed by atoms with van der Waals surface area (Å²) in [5.74, 6) is -0.451. The van der Waals surface area contributed by atoms with Gasteiger partial charge in [0.1, 0.15) is 17.3 Å². The minimum absolute atomic E-state index is 0.0842. The molecule has 0 atom stereocenters. The van der Waals surface area contributed by atoms with E-state index in [1.807, 2.05) is 0 Å². The predicted molar refractivity (Wildman–Crippen MR) is 89.5 cm³/mol. The van der Waals surface area contributed by atoms with Crippen LogP contribution < -0.4 is 0 Å². The summed E-state index contributed by atoms with van der Waals surface area (Å²) >= 11 is 0. The molecule has 2 heterocycles. The third-order valence-electron chi connectivity index (χ3n) is 4.27. The molecule has 1 aromatic heterocycles. The van der Waals surface area contributed by atoms with E-state index in [1.165, 1.54) is 28.8 Å². The molecule has 6 nitrogen and oxygen atoms in total. The van der Waals surface area contributed by atoms with Gasteiger partial charge in [-0.05, 0) is 43.2 Å². The van der Waals surface area contributed by atoms with E-state index in [0.717, 1.165) is 6.07 Å². The highest BCUT2D eigenvalue weighted by Crippen LogP contribution is 2.26. The van der Waals surface area contributed by atoms with Gasteiger partial charge in [0, 0.05) is 13.1 Å². The van der Waals surface area contributed by atoms with Crippen LogP contribution in [0.5, 0.6) is 0 Å². The summed E-state index contributed by atoms with van der Waals surface area (Å²) in [6.45, 7) is 0.168. The topological polar surface area (TPSA) is 84.7 Å². The van der Waals surface area contributed by atoms with Crippen molar-refractivity contribution < 1.29 is 25.6 Å². The monoisotopic (exact) mass is 387 g/mol. The Morgan fingerprint density at radius 2 is 1.80 bits per heavy atom. The number of halogens is 1. The summed E-state index contributed by atoms with van der Waals surface area (Å²) in [5, 5.41) is -0.614. The molecule has 0 saturated carbocycles. The quantitative estimate of drug-likeness (QED) is 0.785. The Kier molecular flexibility index (Phi) is 4.99. The van der Waals surface area contributed by atoms with E-state index in [2.05, 4.69) is 0 Å². The van der Waals surface area contributed by atoms with Crippen LogP contribution in [0.4, 0.5) is 4.39 Å². The number of hydrogen-bond acceptors (Lipinski definition) is 5. The van der Waals surface area contributed by atoms with Gasteiger partial charge in [-0.15, -0.1) is 0 Å². The Bertz CT molecular complexity index is 931. The van der Waals surface area contributed by atoms with E-state index in [9.17, 15) is 21.2 Å². The Balaban J connectivity index is 1.69. The van der Waals surface area contributed by atoms with E-state index in [-0.39, 0.29) is 36.6 Å². The van der Waals surface area contributed by atoms with Gasteiger partial charge in [0.25, 0.3) is 0 Å². The molecule has 0 amide bonds. The summed E-state index contributed by atoms with van der Waals surface area (Å²) in [4.78, 5) is -0.121. The Morgan fingerprint density at radius 1 is 1.08 bits per heavy atom. The van der Waals surface area contributed by atoms with E-state index in [0.29, 0.717) is 5.76 Å². The molecule has 0 spiro atoms. The van der Waals surface area contributed by atoms with E-state index in [4.69, 9.17) is 4.42 Å². The van der Waals surface area contributed by atoms with Crippen LogP contribution in [0.25, 0.3) is 0 Å². The maximum absolute atomic E-state index is 13.3. The maximum Gasteiger partial charge on any atom is 0.243 e. The molecular weight excluding hydrogens is 369 g/mol. The standard InChI is InChI=1S/C16H18FNO5S2/c17-13-3-1-5-16(11-13)25(21,22)18-8-6-15(7-9-18)24(19,20)12-14-4-2-10-23-14/h1-5,10-11,15H,6-9,12H2. The smallest absolute Gasteiger partial charge is 0.243 e. The number of rotatable bonds is 5. The lowest BCUT2D eigenvalue weighted by molar-refractivity contribution is 0.345. The number of nitrogens with zero attached hydrogens (tertiary/aromatic N) is 1. The van der Waals surface area contributed by atoms with Gasteiger partial charge in [-0.1, -0.05) is 6.07 Å². The number of benzene rings is 1. The van der Waals surface area contributed by atoms with Crippen LogP contribution in [0, 0.1) is 5.82 Å². The molecule has 1 aromatic carbocycles. The lowest BCUT2D eigenvalue weighted by Gasteiger charge is -2.30. The Hall–Kier alpha value is -1.71. The minimum atomic E-state index is -3.82. The van der Waals surface area contributed by atoms with Crippen LogP contribution in [0.15, 0.2) is 52.0 Å². The van der Waals surface area contributed by atoms with Crippen LogP contribution in [0.1, 0.15) is 18.6 Å². The third-order valence-corrected chi connectivity index (χ3v) is 8.33. The first-order valence-corrected chi connectivity index (χ1v) is 10.9. The molecule has 25 heavy (non-hydrogen) atoms. The highest BCUT2D eigenvalue weighted by Gasteiger charge is 2.35. The van der Waals surface area contributed by atoms with E-state index in [1.54, 1.807) is 12.1 Å². The van der Waals surface area contributed by atoms with Crippen LogP contribution in [-0.4, -0.2) is 39.5 Å². The van der Waals surface area contributed by atoms with Gasteiger partial charge >= 0.3 is 0 Å². The molecule has 1 aliphatic heterocycles. The van der Waals surface area contributed by atoms with E-state index >= 15 is 0 Å². The summed E-state index contributed by atoms with van der Waals surface area (Å²) in [7, 11) is -7.25. The summed E-state index contributed by atoms with van der Waals surface area (Å²) in [5.41, 5.74) is 0. The second-order valence-electron chi connectivity index (χ2n) is 5.95. The van der Waals surface area contributed by atoms with Crippen LogP contribution in [0.3, 0.4) is 0 Å². The summed E-state index contributed by atoms with van der Waals surface area (Å²) < 4.78 is 69.6. The molecule has 1 fully saturated rings. The van der Waals surface area contributed by atoms with Crippen LogP contribution in [-0.2, 0) is 25.6 Å². The maximum atomic E-state index is 13.3. The Morgan fingerprint density at radius 3 is 2.40 bits per heavy atom. The normalized spacial score (nSPS) is 17.6. The second-order valence-corrected chi connectivity index (χ2v) is 10.2. The first-order valence-electron chi connectivity index (χ1n) is 7.79. The number of sulfone groups is 1. The molecular formula is C16H18FNO5S2. The van der Waals surface area contributed by atoms with Crippen molar-refractivity contribution in [1.29, 1.82) is 0 Å². The van der Waals surface area contributed by atoms with Crippen molar-refractivity contribution >= 4 is 19.9 Å². The fraction of sp³-hybridized carbons (Fsp3) is 0.375. The zero-order valence-corrected chi connectivity index (χ0v) is 15.0. The highest BCUT2D eigenvalue weighted by atomic mass is 32.2. The Labute approximate surface area is 146 Å². The van der Waals surface area contributed by atoms with Gasteiger partial charge in [0.2, 0.25) is 10.0 Å². The SMILES string of the molecule is O=S(=O)(Cc1ccco1)C1CCN(S(=O)(=O)c2cccc(F)c2)CC1. The van der Waals surface area contributed by atoms with Crippen molar-refractivity contribution in [3.63, 3.8) is 0 Å². The molecule has 0 aliphatic carbocycles. The third kappa shape index (κ3) is 3.94. The number of piperidine rings is 1. The van der Waals surface area contributed by atoms with Gasteiger partial charge in [-0.2, -0.15) is 4.31 Å². The molecule has 1 aliphatic rings. The molecule has 1 saturated heterocycles. The molecule has 0 radical (unpaired) electrons. The molecule has 0 N–H and O–H groups in total. The lowest BCUT2D eigenvalue weighted by Crippen LogP contribution is -2.42. The zero-order chi connectivity index (χ0) is 18.1. The first kappa shape index (κ1) is 18.1. The van der Waals surface area contributed by atoms with Gasteiger partial charge < -0.3 is 4.42 Å².